The number of carbonyl (C=O) groups is 1. The fourth-order valence-electron chi connectivity index (χ4n) is 3.51. The van der Waals surface area contributed by atoms with E-state index in [1.807, 2.05) is 44.2 Å². The number of halogens is 2. The van der Waals surface area contributed by atoms with Crippen molar-refractivity contribution in [1.29, 1.82) is 0 Å². The monoisotopic (exact) mass is 446 g/mol. The summed E-state index contributed by atoms with van der Waals surface area (Å²) in [7, 11) is 0. The lowest BCUT2D eigenvalue weighted by atomic mass is 10.0. The second-order valence-electron chi connectivity index (χ2n) is 7.75. The van der Waals surface area contributed by atoms with E-state index in [9.17, 15) is 13.6 Å². The van der Waals surface area contributed by atoms with Crippen LogP contribution in [0.25, 0.3) is 11.1 Å². The summed E-state index contributed by atoms with van der Waals surface area (Å²) in [6.07, 6.45) is 10.9. The lowest BCUT2D eigenvalue weighted by Crippen LogP contribution is -2.11. The van der Waals surface area contributed by atoms with Gasteiger partial charge in [-0.1, -0.05) is 54.6 Å². The molecule has 0 radical (unpaired) electrons. The van der Waals surface area contributed by atoms with Crippen LogP contribution in [0.2, 0.25) is 0 Å². The van der Waals surface area contributed by atoms with Crippen LogP contribution < -0.4 is 4.74 Å². The van der Waals surface area contributed by atoms with Crippen LogP contribution in [0.5, 0.6) is 5.75 Å². The first-order valence-electron chi connectivity index (χ1n) is 11.1. The van der Waals surface area contributed by atoms with Crippen molar-refractivity contribution in [3.8, 4) is 16.9 Å². The Kier molecular flexibility index (Phi) is 8.71. The lowest BCUT2D eigenvalue weighted by molar-refractivity contribution is 0.0730. The van der Waals surface area contributed by atoms with Crippen LogP contribution in [-0.2, 0) is 12.8 Å². The summed E-state index contributed by atoms with van der Waals surface area (Å²) in [5.74, 6) is -1.29. The molecule has 0 spiro atoms. The van der Waals surface area contributed by atoms with Gasteiger partial charge in [0.15, 0.2) is 0 Å². The fraction of sp³-hybridized carbons (Fsp3) is 0.207. The van der Waals surface area contributed by atoms with Gasteiger partial charge in [0.25, 0.3) is 0 Å². The first kappa shape index (κ1) is 24.1. The summed E-state index contributed by atoms with van der Waals surface area (Å²) in [6.45, 7) is 3.88. The molecular formula is C29H28F2O2. The topological polar surface area (TPSA) is 26.3 Å². The maximum atomic E-state index is 14.4. The van der Waals surface area contributed by atoms with Gasteiger partial charge in [-0.25, -0.2) is 13.6 Å². The molecule has 0 saturated heterocycles. The number of benzene rings is 3. The Morgan fingerprint density at radius 3 is 2.09 bits per heavy atom. The highest BCUT2D eigenvalue weighted by molar-refractivity contribution is 5.91. The number of carbonyl (C=O) groups excluding carboxylic acids is 1. The Bertz CT molecular complexity index is 1140. The predicted octanol–water partition coefficient (Wildman–Crippen LogP) is 7.87. The minimum atomic E-state index is -0.753. The summed E-state index contributed by atoms with van der Waals surface area (Å²) in [5, 5.41) is 0. The van der Waals surface area contributed by atoms with E-state index in [4.69, 9.17) is 4.74 Å². The third-order valence-electron chi connectivity index (χ3n) is 5.36. The number of ether oxygens (including phenoxy) is 1. The van der Waals surface area contributed by atoms with Crippen molar-refractivity contribution in [2.75, 3.05) is 0 Å². The van der Waals surface area contributed by atoms with Gasteiger partial charge >= 0.3 is 5.97 Å². The zero-order valence-electron chi connectivity index (χ0n) is 19.0. The lowest BCUT2D eigenvalue weighted by Gasteiger charge is -2.09. The largest absolute Gasteiger partial charge is 0.423 e. The summed E-state index contributed by atoms with van der Waals surface area (Å²) < 4.78 is 34.2. The van der Waals surface area contributed by atoms with Crippen molar-refractivity contribution in [2.45, 2.75) is 39.5 Å². The molecule has 0 aromatic heterocycles. The number of aryl methyl sites for hydroxylation is 2. The first-order valence-corrected chi connectivity index (χ1v) is 11.1. The normalized spacial score (nSPS) is 11.4. The Morgan fingerprint density at radius 1 is 0.788 bits per heavy atom. The highest BCUT2D eigenvalue weighted by atomic mass is 19.1. The molecule has 0 N–H and O–H groups in total. The van der Waals surface area contributed by atoms with Crippen molar-refractivity contribution in [2.24, 2.45) is 0 Å². The van der Waals surface area contributed by atoms with Gasteiger partial charge in [0.1, 0.15) is 17.4 Å². The van der Waals surface area contributed by atoms with Crippen LogP contribution >= 0.6 is 0 Å². The van der Waals surface area contributed by atoms with Crippen molar-refractivity contribution in [3.63, 3.8) is 0 Å². The Morgan fingerprint density at radius 2 is 1.45 bits per heavy atom. The van der Waals surface area contributed by atoms with Gasteiger partial charge < -0.3 is 4.74 Å². The second-order valence-corrected chi connectivity index (χ2v) is 7.75. The molecule has 0 unspecified atom stereocenters. The smallest absolute Gasteiger partial charge is 0.346 e. The van der Waals surface area contributed by atoms with E-state index in [-0.39, 0.29) is 11.4 Å². The SMILES string of the molecule is C/C=C/CCc1ccc(C(=O)Oc2ccc(-c3ccc(CC/C=C/C)c(F)c3)cc2)c(F)c1. The van der Waals surface area contributed by atoms with Gasteiger partial charge in [0.05, 0.1) is 5.56 Å². The van der Waals surface area contributed by atoms with E-state index in [0.717, 1.165) is 29.5 Å². The van der Waals surface area contributed by atoms with E-state index >= 15 is 0 Å². The van der Waals surface area contributed by atoms with E-state index in [1.165, 1.54) is 18.2 Å². The predicted molar refractivity (Wildman–Crippen MR) is 129 cm³/mol. The Balaban J connectivity index is 1.66. The minimum Gasteiger partial charge on any atom is -0.423 e. The zero-order valence-corrected chi connectivity index (χ0v) is 19.0. The molecule has 0 aliphatic carbocycles. The zero-order chi connectivity index (χ0) is 23.6. The van der Waals surface area contributed by atoms with Crippen LogP contribution in [0.4, 0.5) is 8.78 Å². The molecule has 0 bridgehead atoms. The van der Waals surface area contributed by atoms with E-state index < -0.39 is 11.8 Å². The summed E-state index contributed by atoms with van der Waals surface area (Å²) >= 11 is 0. The van der Waals surface area contributed by atoms with Crippen molar-refractivity contribution < 1.29 is 18.3 Å². The van der Waals surface area contributed by atoms with Gasteiger partial charge in [-0.05, 0) is 92.1 Å². The highest BCUT2D eigenvalue weighted by Crippen LogP contribution is 2.25. The molecule has 0 saturated carbocycles. The second kappa shape index (κ2) is 11.9. The van der Waals surface area contributed by atoms with Gasteiger partial charge in [0.2, 0.25) is 0 Å². The van der Waals surface area contributed by atoms with Gasteiger partial charge in [-0.15, -0.1) is 0 Å². The summed E-state index contributed by atoms with van der Waals surface area (Å²) in [5.41, 5.74) is 2.93. The third kappa shape index (κ3) is 6.72. The van der Waals surface area contributed by atoms with Gasteiger partial charge in [0, 0.05) is 0 Å². The molecule has 2 nitrogen and oxygen atoms in total. The first-order chi connectivity index (χ1) is 16.0. The molecule has 3 rings (SSSR count). The molecule has 0 atom stereocenters. The van der Waals surface area contributed by atoms with Crippen LogP contribution in [-0.4, -0.2) is 5.97 Å². The van der Waals surface area contributed by atoms with E-state index in [1.54, 1.807) is 36.4 Å². The van der Waals surface area contributed by atoms with Crippen LogP contribution in [0, 0.1) is 11.6 Å². The molecular weight excluding hydrogens is 418 g/mol. The average Bonchev–Trinajstić information content (AvgIpc) is 2.81. The summed E-state index contributed by atoms with van der Waals surface area (Å²) in [4.78, 5) is 12.4. The number of hydrogen-bond donors (Lipinski definition) is 0. The molecule has 0 aliphatic rings. The Labute approximate surface area is 194 Å². The molecule has 3 aromatic carbocycles. The van der Waals surface area contributed by atoms with Crippen molar-refractivity contribution >= 4 is 5.97 Å². The molecule has 170 valence electrons. The van der Waals surface area contributed by atoms with E-state index in [2.05, 4.69) is 0 Å². The van der Waals surface area contributed by atoms with Crippen molar-refractivity contribution in [1.82, 2.24) is 0 Å². The quantitative estimate of drug-likeness (QED) is 0.190. The van der Waals surface area contributed by atoms with E-state index in [0.29, 0.717) is 24.2 Å². The molecule has 33 heavy (non-hydrogen) atoms. The molecule has 0 heterocycles. The number of allylic oxidation sites excluding steroid dienone is 4. The van der Waals surface area contributed by atoms with Gasteiger partial charge in [-0.3, -0.25) is 0 Å². The molecule has 0 aliphatic heterocycles. The molecule has 4 heteroatoms. The number of rotatable bonds is 9. The van der Waals surface area contributed by atoms with Crippen LogP contribution in [0.1, 0.15) is 48.2 Å². The van der Waals surface area contributed by atoms with Crippen molar-refractivity contribution in [3.05, 3.63) is 113 Å². The number of esters is 1. The third-order valence-corrected chi connectivity index (χ3v) is 5.36. The maximum Gasteiger partial charge on any atom is 0.346 e. The molecule has 0 fully saturated rings. The maximum absolute atomic E-state index is 14.4. The van der Waals surface area contributed by atoms with Gasteiger partial charge in [-0.2, -0.15) is 0 Å². The summed E-state index contributed by atoms with van der Waals surface area (Å²) in [6, 6.07) is 16.5. The van der Waals surface area contributed by atoms with Crippen LogP contribution in [0.3, 0.4) is 0 Å². The molecule has 3 aromatic rings. The molecule has 0 amide bonds. The fourth-order valence-corrected chi connectivity index (χ4v) is 3.51. The number of hydrogen-bond acceptors (Lipinski definition) is 2. The average molecular weight is 447 g/mol. The minimum absolute atomic E-state index is 0.107. The highest BCUT2D eigenvalue weighted by Gasteiger charge is 2.15. The standard InChI is InChI=1S/C29H28F2O2/c1-3-5-7-9-21-11-18-26(28(31)19-21)29(32)33-25-16-14-22(15-17-25)24-13-12-23(27(30)20-24)10-8-6-4-2/h3-6,11-20H,7-10H2,1-2H3/b5-3+,6-4+. The Hall–Kier alpha value is -3.53. The van der Waals surface area contributed by atoms with Crippen LogP contribution in [0.15, 0.2) is 85.0 Å².